The highest BCUT2D eigenvalue weighted by Crippen LogP contribution is 2.15. The third kappa shape index (κ3) is 26.9. The van der Waals surface area contributed by atoms with Gasteiger partial charge in [-0.3, -0.25) is 19.2 Å². The minimum Gasteiger partial charge on any atom is -0.508 e. The van der Waals surface area contributed by atoms with Crippen molar-refractivity contribution in [2.45, 2.75) is 129 Å². The van der Waals surface area contributed by atoms with Crippen molar-refractivity contribution in [1.29, 1.82) is 0 Å². The number of halogens is 3. The van der Waals surface area contributed by atoms with Crippen LogP contribution < -0.4 is 26.0 Å². The fraction of sp³-hybridized carbons (Fsp3) is 0.591. The van der Waals surface area contributed by atoms with Gasteiger partial charge in [-0.05, 0) is 119 Å². The number of methoxy groups -OCH3 is 2. The van der Waals surface area contributed by atoms with E-state index in [1.807, 2.05) is 0 Å². The van der Waals surface area contributed by atoms with Crippen LogP contribution in [0.4, 0.5) is 18.4 Å². The first-order valence-corrected chi connectivity index (χ1v) is 20.7. The number of benzene rings is 2. The van der Waals surface area contributed by atoms with Crippen LogP contribution in [-0.2, 0) is 38.1 Å². The molecule has 0 fully saturated rings. The molecule has 0 aromatic heterocycles. The number of hydrogen-bond donors (Lipinski definition) is 5. The Hall–Kier alpha value is -5.07. The Kier molecular flexibility index (Phi) is 25.6. The molecule has 0 bridgehead atoms. The summed E-state index contributed by atoms with van der Waals surface area (Å²) in [4.78, 5) is 72.4. The molecular weight excluding hydrogens is 850 g/mol. The Morgan fingerprint density at radius 3 is 1.41 bits per heavy atom. The maximum absolute atomic E-state index is 13.3. The smallest absolute Gasteiger partial charge is 0.407 e. The number of ether oxygens (including phenoxy) is 5. The number of aromatic hydroxyl groups is 1. The van der Waals surface area contributed by atoms with Crippen LogP contribution in [0.15, 0.2) is 48.5 Å². The summed E-state index contributed by atoms with van der Waals surface area (Å²) >= 11 is 5.59. The Balaban J connectivity index is 0.00000106. The van der Waals surface area contributed by atoms with E-state index >= 15 is 0 Å². The second-order valence-electron chi connectivity index (χ2n) is 16.9. The molecule has 19 heteroatoms. The zero-order chi connectivity index (χ0) is 48.6. The minimum atomic E-state index is -1.13. The fourth-order valence-electron chi connectivity index (χ4n) is 4.48. The minimum absolute atomic E-state index is 0.0370. The van der Waals surface area contributed by atoms with Gasteiger partial charge in [0, 0.05) is 39.4 Å². The molecule has 2 rings (SSSR count). The summed E-state index contributed by atoms with van der Waals surface area (Å²) in [6.45, 7) is 17.2. The van der Waals surface area contributed by atoms with Crippen molar-refractivity contribution in [3.05, 3.63) is 60.2 Å². The molecule has 2 aromatic rings. The third-order valence-corrected chi connectivity index (χ3v) is 8.56. The van der Waals surface area contributed by atoms with Gasteiger partial charge >= 0.3 is 12.2 Å². The summed E-state index contributed by atoms with van der Waals surface area (Å²) in [5.41, 5.74) is -3.35. The molecule has 4 amide bonds. The molecule has 63 heavy (non-hydrogen) atoms. The summed E-state index contributed by atoms with van der Waals surface area (Å²) in [5, 5.41) is 19.1. The van der Waals surface area contributed by atoms with E-state index in [9.17, 15) is 37.5 Å². The molecule has 0 saturated carbocycles. The van der Waals surface area contributed by atoms with E-state index in [2.05, 4.69) is 21.3 Å². The number of phenolic OH excluding ortho intramolecular Hbond substituents is 1. The highest BCUT2D eigenvalue weighted by Gasteiger charge is 2.32. The van der Waals surface area contributed by atoms with Gasteiger partial charge in [-0.15, -0.1) is 11.6 Å². The van der Waals surface area contributed by atoms with E-state index in [1.54, 1.807) is 69.2 Å². The molecular formula is C44H67ClF2N4O12. The number of rotatable bonds is 20. The Bertz CT molecular complexity index is 1750. The van der Waals surface area contributed by atoms with Crippen LogP contribution in [0, 0.1) is 11.6 Å². The van der Waals surface area contributed by atoms with Crippen molar-refractivity contribution in [2.24, 2.45) is 0 Å². The lowest BCUT2D eigenvalue weighted by Gasteiger charge is -2.26. The van der Waals surface area contributed by atoms with Gasteiger partial charge in [0.25, 0.3) is 11.8 Å². The molecule has 0 aliphatic heterocycles. The van der Waals surface area contributed by atoms with Gasteiger partial charge in [0.05, 0.1) is 18.0 Å². The number of alkyl carbamates (subject to hydrolysis) is 2. The van der Waals surface area contributed by atoms with E-state index < -0.39 is 70.1 Å². The summed E-state index contributed by atoms with van der Waals surface area (Å²) in [6.07, 6.45) is 0.421. The molecule has 0 aliphatic carbocycles. The van der Waals surface area contributed by atoms with Crippen molar-refractivity contribution in [3.63, 3.8) is 0 Å². The van der Waals surface area contributed by atoms with E-state index in [-0.39, 0.29) is 48.5 Å². The fourth-order valence-corrected chi connectivity index (χ4v) is 4.67. The molecule has 16 nitrogen and oxygen atoms in total. The average Bonchev–Trinajstić information content (AvgIpc) is 3.17. The number of carbonyl (C=O) groups is 6. The number of nitrogens with one attached hydrogen (secondary N) is 4. The van der Waals surface area contributed by atoms with Crippen LogP contribution in [0.3, 0.4) is 0 Å². The molecule has 0 aliphatic rings. The quantitative estimate of drug-likeness (QED) is 0.0708. The third-order valence-electron chi connectivity index (χ3n) is 8.29. The standard InChI is InChI=1S/C22H33FN2O6.C16H29ClN2O5.C6H5FO/c1-21(2,3)31-20(28)24-12-8-11-17(25-19(27)22(4,5)29-6)18(26)14-30-16-10-7-9-15(23)13-16;1-15(2,3)24-14(22)18-9-7-8-11(12(20)10-17)19-13(21)16(4,5)23-6;7-5-2-1-3-6(8)4-5/h7,9-10,13,17H,8,11-12,14H2,1-6H3,(H,24,28)(H,25,27);11H,7-10H2,1-6H3,(H,18,22)(H,19,21);1-4,8H/t17-;11-;/m00./s1. The number of carbonyl (C=O) groups excluding carboxylic acids is 6. The largest absolute Gasteiger partial charge is 0.508 e. The predicted octanol–water partition coefficient (Wildman–Crippen LogP) is 6.53. The summed E-state index contributed by atoms with van der Waals surface area (Å²) in [5.74, 6) is -2.44. The molecule has 0 unspecified atom stereocenters. The lowest BCUT2D eigenvalue weighted by molar-refractivity contribution is -0.142. The molecule has 2 atom stereocenters. The van der Waals surface area contributed by atoms with Gasteiger partial charge in [-0.25, -0.2) is 18.4 Å². The first-order valence-electron chi connectivity index (χ1n) is 20.2. The van der Waals surface area contributed by atoms with Crippen molar-refractivity contribution in [1.82, 2.24) is 21.3 Å². The maximum atomic E-state index is 13.3. The molecule has 356 valence electrons. The van der Waals surface area contributed by atoms with E-state index in [1.165, 1.54) is 56.7 Å². The van der Waals surface area contributed by atoms with Gasteiger partial charge in [0.1, 0.15) is 52.1 Å². The van der Waals surface area contributed by atoms with Gasteiger partial charge in [-0.1, -0.05) is 12.1 Å². The van der Waals surface area contributed by atoms with E-state index in [4.69, 9.17) is 40.4 Å². The van der Waals surface area contributed by atoms with Crippen molar-refractivity contribution < 1.29 is 66.3 Å². The summed E-state index contributed by atoms with van der Waals surface area (Å²) < 4.78 is 51.2. The topological polar surface area (TPSA) is 217 Å². The number of alkyl halides is 1. The van der Waals surface area contributed by atoms with Gasteiger partial charge < -0.3 is 50.1 Å². The number of ketones is 2. The molecule has 0 heterocycles. The van der Waals surface area contributed by atoms with Crippen LogP contribution in [-0.4, -0.2) is 115 Å². The molecule has 5 N–H and O–H groups in total. The molecule has 2 aromatic carbocycles. The SMILES string of the molecule is COC(C)(C)C(=O)N[C@@H](CCCNC(=O)OC(C)(C)C)C(=O)CCl.COC(C)(C)C(=O)N[C@@H](CCCNC(=O)OC(C)(C)C)C(=O)COc1cccc(F)c1.Oc1cccc(F)c1. The zero-order valence-electron chi connectivity index (χ0n) is 38.5. The first kappa shape index (κ1) is 57.9. The number of Topliss-reactive ketones (excluding diaryl/α,β-unsaturated/α-hetero) is 2. The second-order valence-corrected chi connectivity index (χ2v) is 17.2. The predicted molar refractivity (Wildman–Crippen MR) is 234 cm³/mol. The van der Waals surface area contributed by atoms with Crippen LogP contribution in [0.5, 0.6) is 11.5 Å². The lowest BCUT2D eigenvalue weighted by atomic mass is 10.0. The summed E-state index contributed by atoms with van der Waals surface area (Å²) in [6, 6.07) is 9.05. The normalized spacial score (nSPS) is 12.4. The average molecular weight is 917 g/mol. The number of amides is 4. The Morgan fingerprint density at radius 1 is 0.651 bits per heavy atom. The van der Waals surface area contributed by atoms with Crippen LogP contribution in [0.1, 0.15) is 94.9 Å². The monoisotopic (exact) mass is 916 g/mol. The number of phenols is 1. The van der Waals surface area contributed by atoms with Crippen molar-refractivity contribution in [3.8, 4) is 11.5 Å². The zero-order valence-corrected chi connectivity index (χ0v) is 39.3. The Labute approximate surface area is 374 Å². The second kappa shape index (κ2) is 27.9. The first-order chi connectivity index (χ1) is 29.0. The van der Waals surface area contributed by atoms with Crippen LogP contribution in [0.25, 0.3) is 0 Å². The van der Waals surface area contributed by atoms with Gasteiger partial charge in [0.15, 0.2) is 11.6 Å². The van der Waals surface area contributed by atoms with Crippen molar-refractivity contribution in [2.75, 3.05) is 39.8 Å². The Morgan fingerprint density at radius 2 is 1.06 bits per heavy atom. The van der Waals surface area contributed by atoms with Gasteiger partial charge in [0.2, 0.25) is 0 Å². The van der Waals surface area contributed by atoms with E-state index in [0.717, 1.165) is 6.07 Å². The highest BCUT2D eigenvalue weighted by molar-refractivity contribution is 6.28. The molecule has 0 radical (unpaired) electrons. The maximum Gasteiger partial charge on any atom is 0.407 e. The van der Waals surface area contributed by atoms with Crippen molar-refractivity contribution >= 4 is 47.2 Å². The van der Waals surface area contributed by atoms with E-state index in [0.29, 0.717) is 25.8 Å². The molecule has 0 spiro atoms. The lowest BCUT2D eigenvalue weighted by Crippen LogP contribution is -2.51. The number of hydrogen-bond acceptors (Lipinski definition) is 12. The van der Waals surface area contributed by atoms with Gasteiger partial charge in [-0.2, -0.15) is 0 Å². The summed E-state index contributed by atoms with van der Waals surface area (Å²) in [7, 11) is 2.82. The molecule has 0 saturated heterocycles. The highest BCUT2D eigenvalue weighted by atomic mass is 35.5. The van der Waals surface area contributed by atoms with Crippen LogP contribution in [0.2, 0.25) is 0 Å². The van der Waals surface area contributed by atoms with Crippen LogP contribution >= 0.6 is 11.6 Å².